The van der Waals surface area contributed by atoms with Gasteiger partial charge in [-0.15, -0.1) is 0 Å². The van der Waals surface area contributed by atoms with Crippen molar-refractivity contribution in [1.29, 1.82) is 0 Å². The number of aryl methyl sites for hydroxylation is 1. The second kappa shape index (κ2) is 10.9. The summed E-state index contributed by atoms with van der Waals surface area (Å²) < 4.78 is 31.6. The molecule has 0 saturated carbocycles. The highest BCUT2D eigenvalue weighted by molar-refractivity contribution is 7.89. The van der Waals surface area contributed by atoms with E-state index in [0.717, 1.165) is 6.54 Å². The van der Waals surface area contributed by atoms with Crippen LogP contribution in [0.2, 0.25) is 0 Å². The van der Waals surface area contributed by atoms with Crippen molar-refractivity contribution in [3.63, 3.8) is 0 Å². The Bertz CT molecular complexity index is 1660. The van der Waals surface area contributed by atoms with Crippen LogP contribution in [0.25, 0.3) is 28.2 Å². The number of aliphatic hydroxyl groups excluding tert-OH is 1. The molecule has 4 aromatic heterocycles. The fourth-order valence-corrected chi connectivity index (χ4v) is 6.31. The molecule has 0 aliphatic carbocycles. The quantitative estimate of drug-likeness (QED) is 0.339. The maximum atomic E-state index is 13.6. The molecule has 1 fully saturated rings. The third kappa shape index (κ3) is 4.86. The van der Waals surface area contributed by atoms with Gasteiger partial charge in [-0.3, -0.25) is 14.3 Å². The zero-order valence-corrected chi connectivity index (χ0v) is 23.1. The van der Waals surface area contributed by atoms with Crippen LogP contribution in [-0.2, 0) is 29.9 Å². The minimum absolute atomic E-state index is 0.0263. The topological polar surface area (TPSA) is 139 Å². The maximum Gasteiger partial charge on any atom is 0.281 e. The minimum Gasteiger partial charge on any atom is -0.396 e. The van der Waals surface area contributed by atoms with Crippen molar-refractivity contribution in [2.24, 2.45) is 7.05 Å². The molecule has 13 heteroatoms. The number of sulfonamides is 1. The van der Waals surface area contributed by atoms with E-state index in [4.69, 9.17) is 4.98 Å². The van der Waals surface area contributed by atoms with Crippen molar-refractivity contribution in [3.05, 3.63) is 58.4 Å². The van der Waals surface area contributed by atoms with Crippen molar-refractivity contribution < 1.29 is 13.5 Å². The van der Waals surface area contributed by atoms with Gasteiger partial charge in [0.15, 0.2) is 11.3 Å². The second-order valence-corrected chi connectivity index (χ2v) is 11.3. The predicted molar refractivity (Wildman–Crippen MR) is 146 cm³/mol. The van der Waals surface area contributed by atoms with E-state index >= 15 is 0 Å². The number of piperazine rings is 1. The van der Waals surface area contributed by atoms with Gasteiger partial charge in [0.25, 0.3) is 5.56 Å². The molecule has 5 heterocycles. The number of aromatic nitrogens is 6. The summed E-state index contributed by atoms with van der Waals surface area (Å²) in [6, 6.07) is 6.95. The Morgan fingerprint density at radius 3 is 2.46 bits per heavy atom. The lowest BCUT2D eigenvalue weighted by molar-refractivity contribution is 0.196. The molecule has 39 heavy (non-hydrogen) atoms. The highest BCUT2D eigenvalue weighted by atomic mass is 32.2. The van der Waals surface area contributed by atoms with E-state index < -0.39 is 10.0 Å². The molecule has 12 nitrogen and oxygen atoms in total. The standard InChI is InChI=1S/C26H32N8O4S/c1-4-21-23-24(30-34(21)22-8-6-7-10-27-22)26(36)31(3)25(29-23)19-16-18(17-28-20(19)9-15-35)39(37,38)33-13-11-32(5-2)12-14-33/h6-8,10,16-17,35H,4-5,9,11-15H2,1-3H3. The van der Waals surface area contributed by atoms with Gasteiger partial charge in [0.2, 0.25) is 10.0 Å². The van der Waals surface area contributed by atoms with Crippen molar-refractivity contribution in [2.45, 2.75) is 31.6 Å². The summed E-state index contributed by atoms with van der Waals surface area (Å²) in [5.41, 5.74) is 1.77. The molecular formula is C26H32N8O4S. The molecule has 0 radical (unpaired) electrons. The van der Waals surface area contributed by atoms with Gasteiger partial charge in [-0.1, -0.05) is 19.9 Å². The highest BCUT2D eigenvalue weighted by Crippen LogP contribution is 2.28. The van der Waals surface area contributed by atoms with Crippen LogP contribution in [0.5, 0.6) is 0 Å². The fraction of sp³-hybridized carbons (Fsp3) is 0.423. The van der Waals surface area contributed by atoms with Gasteiger partial charge in [0.05, 0.1) is 11.4 Å². The molecule has 4 aromatic rings. The third-order valence-electron chi connectivity index (χ3n) is 7.15. The van der Waals surface area contributed by atoms with Crippen LogP contribution < -0.4 is 5.56 Å². The molecule has 0 bridgehead atoms. The molecule has 1 aliphatic rings. The van der Waals surface area contributed by atoms with Crippen molar-refractivity contribution in [2.75, 3.05) is 39.3 Å². The Hall–Kier alpha value is -3.52. The van der Waals surface area contributed by atoms with E-state index in [-0.39, 0.29) is 34.8 Å². The van der Waals surface area contributed by atoms with Gasteiger partial charge >= 0.3 is 0 Å². The summed E-state index contributed by atoms with van der Waals surface area (Å²) in [5.74, 6) is 0.821. The van der Waals surface area contributed by atoms with E-state index in [1.807, 2.05) is 13.0 Å². The van der Waals surface area contributed by atoms with E-state index in [9.17, 15) is 18.3 Å². The van der Waals surface area contributed by atoms with Gasteiger partial charge in [0, 0.05) is 64.2 Å². The third-order valence-corrected chi connectivity index (χ3v) is 9.01. The number of fused-ring (bicyclic) bond motifs is 1. The number of aliphatic hydroxyl groups is 1. The van der Waals surface area contributed by atoms with Crippen LogP contribution in [0.1, 0.15) is 25.2 Å². The molecule has 1 saturated heterocycles. The first-order valence-corrected chi connectivity index (χ1v) is 14.5. The minimum atomic E-state index is -3.82. The number of hydrogen-bond donors (Lipinski definition) is 1. The highest BCUT2D eigenvalue weighted by Gasteiger charge is 2.30. The molecule has 206 valence electrons. The number of rotatable bonds is 8. The summed E-state index contributed by atoms with van der Waals surface area (Å²) in [4.78, 5) is 29.4. The van der Waals surface area contributed by atoms with Gasteiger partial charge in [-0.25, -0.2) is 23.1 Å². The molecule has 0 amide bonds. The largest absolute Gasteiger partial charge is 0.396 e. The molecule has 1 N–H and O–H groups in total. The fourth-order valence-electron chi connectivity index (χ4n) is 4.92. The number of nitrogens with zero attached hydrogens (tertiary/aromatic N) is 8. The Kier molecular flexibility index (Phi) is 7.58. The SMILES string of the molecule is CCc1c2nc(-c3cc(S(=O)(=O)N4CCN(CC)CC4)cnc3CCO)n(C)c(=O)c2nn1-c1ccccn1. The van der Waals surface area contributed by atoms with E-state index in [0.29, 0.717) is 60.9 Å². The van der Waals surface area contributed by atoms with Crippen LogP contribution in [0.4, 0.5) is 0 Å². The molecule has 1 aliphatic heterocycles. The number of likely N-dealkylation sites (N-methyl/N-ethyl adjacent to an activating group) is 1. The van der Waals surface area contributed by atoms with Gasteiger partial charge < -0.3 is 10.0 Å². The van der Waals surface area contributed by atoms with Crippen LogP contribution >= 0.6 is 0 Å². The monoisotopic (exact) mass is 552 g/mol. The Morgan fingerprint density at radius 2 is 1.82 bits per heavy atom. The molecular weight excluding hydrogens is 520 g/mol. The Balaban J connectivity index is 1.67. The van der Waals surface area contributed by atoms with E-state index in [2.05, 4.69) is 26.9 Å². The summed E-state index contributed by atoms with van der Waals surface area (Å²) in [6.07, 6.45) is 3.68. The number of pyridine rings is 2. The van der Waals surface area contributed by atoms with Crippen LogP contribution in [0.3, 0.4) is 0 Å². The first-order valence-electron chi connectivity index (χ1n) is 13.0. The van der Waals surface area contributed by atoms with Gasteiger partial charge in [0.1, 0.15) is 16.2 Å². The number of hydrogen-bond acceptors (Lipinski definition) is 9. The zero-order chi connectivity index (χ0) is 27.7. The van der Waals surface area contributed by atoms with E-state index in [1.165, 1.54) is 21.1 Å². The van der Waals surface area contributed by atoms with E-state index in [1.54, 1.807) is 30.1 Å². The van der Waals surface area contributed by atoms with Crippen LogP contribution in [-0.4, -0.2) is 91.4 Å². The average Bonchev–Trinajstić information content (AvgIpc) is 3.34. The zero-order valence-electron chi connectivity index (χ0n) is 22.3. The lowest BCUT2D eigenvalue weighted by atomic mass is 10.1. The maximum absolute atomic E-state index is 13.6. The van der Waals surface area contributed by atoms with Crippen molar-refractivity contribution in [3.8, 4) is 17.2 Å². The Morgan fingerprint density at radius 1 is 1.05 bits per heavy atom. The molecule has 0 spiro atoms. The molecule has 5 rings (SSSR count). The van der Waals surface area contributed by atoms with Gasteiger partial charge in [-0.2, -0.15) is 9.40 Å². The van der Waals surface area contributed by atoms with Crippen LogP contribution in [0.15, 0.2) is 46.3 Å². The normalized spacial score (nSPS) is 15.3. The van der Waals surface area contributed by atoms with Crippen molar-refractivity contribution >= 4 is 21.1 Å². The van der Waals surface area contributed by atoms with Gasteiger partial charge in [-0.05, 0) is 31.2 Å². The molecule has 0 aromatic carbocycles. The molecule has 0 unspecified atom stereocenters. The predicted octanol–water partition coefficient (Wildman–Crippen LogP) is 1.000. The summed E-state index contributed by atoms with van der Waals surface area (Å²) in [5, 5.41) is 14.2. The smallest absolute Gasteiger partial charge is 0.281 e. The summed E-state index contributed by atoms with van der Waals surface area (Å²) in [7, 11) is -2.25. The lowest BCUT2D eigenvalue weighted by Crippen LogP contribution is -2.48. The lowest BCUT2D eigenvalue weighted by Gasteiger charge is -2.33. The van der Waals surface area contributed by atoms with Crippen molar-refractivity contribution in [1.82, 2.24) is 38.5 Å². The van der Waals surface area contributed by atoms with Crippen LogP contribution in [0, 0.1) is 0 Å². The summed E-state index contributed by atoms with van der Waals surface area (Å²) >= 11 is 0. The molecule has 0 atom stereocenters. The Labute approximate surface area is 226 Å². The summed E-state index contributed by atoms with van der Waals surface area (Å²) in [6.45, 7) is 6.76. The first kappa shape index (κ1) is 27.1. The first-order chi connectivity index (χ1) is 18.8. The second-order valence-electron chi connectivity index (χ2n) is 9.37. The average molecular weight is 553 g/mol.